The maximum atomic E-state index is 2.47. The van der Waals surface area contributed by atoms with Crippen molar-refractivity contribution >= 4 is 26.6 Å². The van der Waals surface area contributed by atoms with Crippen LogP contribution < -0.4 is 0 Å². The fourth-order valence-corrected chi connectivity index (χ4v) is 3.85. The molecule has 0 amide bonds. The Hall–Kier alpha value is 0.822. The molecule has 0 atom stereocenters. The molecule has 0 aromatic carbocycles. The lowest BCUT2D eigenvalue weighted by Crippen LogP contribution is -1.97. The van der Waals surface area contributed by atoms with E-state index in [4.69, 9.17) is 0 Å². The van der Waals surface area contributed by atoms with E-state index in [2.05, 4.69) is 18.5 Å². The van der Waals surface area contributed by atoms with E-state index in [1.807, 2.05) is 0 Å². The van der Waals surface area contributed by atoms with Crippen LogP contribution in [-0.2, 0) is 0 Å². The molecular weight excluding hydrogens is 279 g/mol. The van der Waals surface area contributed by atoms with Crippen LogP contribution in [-0.4, -0.2) is 14.1 Å². The van der Waals surface area contributed by atoms with Crippen molar-refractivity contribution < 1.29 is 0 Å². The Morgan fingerprint density at radius 2 is 0.800 bits per heavy atom. The maximum Gasteiger partial charge on any atom is 0.255 e. The van der Waals surface area contributed by atoms with Crippen molar-refractivity contribution in [2.75, 3.05) is 0 Å². The highest BCUT2D eigenvalue weighted by Gasteiger charge is 2.00. The Morgan fingerprint density at radius 1 is 0.500 bits per heavy atom. The summed E-state index contributed by atoms with van der Waals surface area (Å²) in [5.74, 6) is 4.95. The zero-order valence-electron chi connectivity index (χ0n) is 14.6. The summed E-state index contributed by atoms with van der Waals surface area (Å²) < 4.78 is 0. The van der Waals surface area contributed by atoms with Gasteiger partial charge in [-0.1, -0.05) is 102 Å². The normalized spacial score (nSPS) is 10.3. The average molecular weight is 319 g/mol. The number of unbranched alkanes of at least 4 members (excludes halogenated alkanes) is 13. The predicted molar refractivity (Wildman–Crippen MR) is 99.8 cm³/mol. The van der Waals surface area contributed by atoms with Crippen LogP contribution >= 0.6 is 12.4 Å². The number of hydrogen-bond donors (Lipinski definition) is 0. The van der Waals surface area contributed by atoms with E-state index in [-0.39, 0.29) is 26.6 Å². The van der Waals surface area contributed by atoms with Crippen LogP contribution in [0.3, 0.4) is 0 Å². The molecule has 122 valence electrons. The molecule has 0 fully saturated rings. The first-order valence-corrected chi connectivity index (χ1v) is 12.4. The molecule has 0 nitrogen and oxygen atoms in total. The first kappa shape index (κ1) is 23.1. The predicted octanol–water partition coefficient (Wildman–Crippen LogP) is 7.64. The van der Waals surface area contributed by atoms with Crippen LogP contribution in [0.4, 0.5) is 0 Å². The van der Waals surface area contributed by atoms with Gasteiger partial charge in [0.1, 0.15) is 0 Å². The second kappa shape index (κ2) is 19.8. The standard InChI is InChI=1S/C16H33.2CH3.Al.ClH/c1-3-5-7-9-11-13-15-16-14-12-10-8-6-4-2;;;;/h1,3-16H2,2H3;2*1H3;;1H. The highest BCUT2D eigenvalue weighted by Crippen LogP contribution is 2.13. The molecule has 0 bridgehead atoms. The third-order valence-corrected chi connectivity index (χ3v) is 5.70. The SMILES string of the molecule is CCCCCCCCCCCCCCC[CH2][Al]([CH3])[CH3].Cl. The maximum absolute atomic E-state index is 2.47. The lowest BCUT2D eigenvalue weighted by molar-refractivity contribution is 0.538. The van der Waals surface area contributed by atoms with Crippen molar-refractivity contribution in [2.45, 2.75) is 114 Å². The molecule has 0 rings (SSSR count). The van der Waals surface area contributed by atoms with E-state index in [0.29, 0.717) is 0 Å². The number of halogens is 1. The molecule has 0 radical (unpaired) electrons. The van der Waals surface area contributed by atoms with Crippen molar-refractivity contribution in [3.05, 3.63) is 0 Å². The van der Waals surface area contributed by atoms with Gasteiger partial charge < -0.3 is 0 Å². The zero-order chi connectivity index (χ0) is 14.2. The van der Waals surface area contributed by atoms with Crippen molar-refractivity contribution in [2.24, 2.45) is 0 Å². The Morgan fingerprint density at radius 3 is 1.10 bits per heavy atom. The van der Waals surface area contributed by atoms with Gasteiger partial charge >= 0.3 is 0 Å². The van der Waals surface area contributed by atoms with E-state index >= 15 is 0 Å². The van der Waals surface area contributed by atoms with Crippen LogP contribution in [0.15, 0.2) is 0 Å². The molecule has 0 saturated heterocycles. The van der Waals surface area contributed by atoms with Gasteiger partial charge in [-0.15, -0.1) is 24.0 Å². The lowest BCUT2D eigenvalue weighted by Gasteiger charge is -2.03. The van der Waals surface area contributed by atoms with E-state index in [9.17, 15) is 0 Å². The molecule has 0 saturated carbocycles. The molecule has 0 unspecified atom stereocenters. The fourth-order valence-electron chi connectivity index (χ4n) is 2.75. The van der Waals surface area contributed by atoms with E-state index in [1.165, 1.54) is 89.9 Å². The topological polar surface area (TPSA) is 0 Å². The molecule has 0 N–H and O–H groups in total. The van der Waals surface area contributed by atoms with Crippen LogP contribution in [0, 0.1) is 0 Å². The van der Waals surface area contributed by atoms with E-state index in [1.54, 1.807) is 5.28 Å². The highest BCUT2D eigenvalue weighted by molar-refractivity contribution is 6.55. The molecule has 0 aliphatic heterocycles. The van der Waals surface area contributed by atoms with Gasteiger partial charge in [-0.3, -0.25) is 0 Å². The minimum absolute atomic E-state index is 0. The average Bonchev–Trinajstić information content (AvgIpc) is 2.39. The Bertz CT molecular complexity index is 159. The number of rotatable bonds is 15. The van der Waals surface area contributed by atoms with E-state index in [0.717, 1.165) is 0 Å². The summed E-state index contributed by atoms with van der Waals surface area (Å²) in [6.07, 6.45) is 20.7. The summed E-state index contributed by atoms with van der Waals surface area (Å²) in [5.41, 5.74) is 0. The Labute approximate surface area is 140 Å². The molecule has 0 aliphatic rings. The molecule has 0 heterocycles. The highest BCUT2D eigenvalue weighted by atomic mass is 35.5. The van der Waals surface area contributed by atoms with Gasteiger partial charge in [0, 0.05) is 0 Å². The van der Waals surface area contributed by atoms with Gasteiger partial charge in [-0.25, -0.2) is 0 Å². The summed E-state index contributed by atoms with van der Waals surface area (Å²) >= 11 is -0.260. The number of hydrogen-bond acceptors (Lipinski definition) is 0. The van der Waals surface area contributed by atoms with Gasteiger partial charge in [0.25, 0.3) is 14.1 Å². The van der Waals surface area contributed by atoms with Crippen LogP contribution in [0.25, 0.3) is 0 Å². The smallest absolute Gasteiger partial charge is 0.147 e. The second-order valence-electron chi connectivity index (χ2n) is 6.78. The molecule has 0 aromatic rings. The molecule has 0 aliphatic carbocycles. The van der Waals surface area contributed by atoms with Crippen molar-refractivity contribution in [3.63, 3.8) is 0 Å². The van der Waals surface area contributed by atoms with Gasteiger partial charge in [0.2, 0.25) is 0 Å². The third kappa shape index (κ3) is 21.1. The van der Waals surface area contributed by atoms with Gasteiger partial charge in [-0.05, 0) is 0 Å². The van der Waals surface area contributed by atoms with Gasteiger partial charge in [0.15, 0.2) is 0 Å². The Kier molecular flexibility index (Phi) is 22.9. The summed E-state index contributed by atoms with van der Waals surface area (Å²) in [6.45, 7) is 2.30. The summed E-state index contributed by atoms with van der Waals surface area (Å²) in [7, 11) is 0. The third-order valence-electron chi connectivity index (χ3n) is 4.14. The van der Waals surface area contributed by atoms with Crippen molar-refractivity contribution in [1.82, 2.24) is 0 Å². The summed E-state index contributed by atoms with van der Waals surface area (Å²) in [5, 5.41) is 1.57. The van der Waals surface area contributed by atoms with Gasteiger partial charge in [-0.2, -0.15) is 0 Å². The quantitative estimate of drug-likeness (QED) is 0.215. The second-order valence-corrected chi connectivity index (χ2v) is 10.1. The zero-order valence-corrected chi connectivity index (χ0v) is 16.6. The lowest BCUT2D eigenvalue weighted by atomic mass is 10.0. The molecule has 0 spiro atoms. The summed E-state index contributed by atoms with van der Waals surface area (Å²) in [6, 6.07) is 0. The van der Waals surface area contributed by atoms with E-state index < -0.39 is 0 Å². The molecule has 0 aromatic heterocycles. The van der Waals surface area contributed by atoms with Crippen LogP contribution in [0.2, 0.25) is 16.9 Å². The first-order valence-electron chi connectivity index (χ1n) is 9.27. The molecule has 20 heavy (non-hydrogen) atoms. The minimum Gasteiger partial charge on any atom is -0.147 e. The van der Waals surface area contributed by atoms with Crippen molar-refractivity contribution in [3.8, 4) is 0 Å². The van der Waals surface area contributed by atoms with Crippen LogP contribution in [0.1, 0.15) is 96.8 Å². The summed E-state index contributed by atoms with van der Waals surface area (Å²) in [4.78, 5) is 0. The monoisotopic (exact) mass is 318 g/mol. The van der Waals surface area contributed by atoms with Gasteiger partial charge in [0.05, 0.1) is 0 Å². The Balaban J connectivity index is 0. The van der Waals surface area contributed by atoms with Crippen LogP contribution in [0.5, 0.6) is 0 Å². The van der Waals surface area contributed by atoms with Crippen molar-refractivity contribution in [1.29, 1.82) is 0 Å². The molecular formula is C18H40AlCl. The minimum atomic E-state index is -0.260. The fraction of sp³-hybridized carbons (Fsp3) is 1.00. The largest absolute Gasteiger partial charge is 0.255 e. The molecule has 2 heteroatoms. The first-order chi connectivity index (χ1) is 9.27.